The van der Waals surface area contributed by atoms with Crippen LogP contribution in [-0.2, 0) is 13.5 Å². The maximum absolute atomic E-state index is 9.00. The summed E-state index contributed by atoms with van der Waals surface area (Å²) in [6.45, 7) is 0.732. The summed E-state index contributed by atoms with van der Waals surface area (Å²) in [5.41, 5.74) is 8.63. The van der Waals surface area contributed by atoms with E-state index in [1.165, 1.54) is 0 Å². The lowest BCUT2D eigenvalue weighted by molar-refractivity contribution is 0.742. The quantitative estimate of drug-likeness (QED) is 0.795. The van der Waals surface area contributed by atoms with Gasteiger partial charge in [0.15, 0.2) is 0 Å². The van der Waals surface area contributed by atoms with Crippen LogP contribution in [0.5, 0.6) is 0 Å². The van der Waals surface area contributed by atoms with Crippen LogP contribution in [0.1, 0.15) is 11.3 Å². The molecule has 1 aromatic carbocycles. The van der Waals surface area contributed by atoms with Gasteiger partial charge in [0.25, 0.3) is 0 Å². The van der Waals surface area contributed by atoms with E-state index in [9.17, 15) is 0 Å². The maximum atomic E-state index is 9.00. The van der Waals surface area contributed by atoms with Gasteiger partial charge in [-0.2, -0.15) is 10.4 Å². The average Bonchev–Trinajstić information content (AvgIpc) is 2.77. The summed E-state index contributed by atoms with van der Waals surface area (Å²) < 4.78 is 1.78. The Balaban J connectivity index is 1.96. The number of anilines is 2. The number of rotatable bonds is 4. The van der Waals surface area contributed by atoms with Gasteiger partial charge in [-0.15, -0.1) is 0 Å². The molecule has 2 rings (SSSR count). The minimum absolute atomic E-state index is 0.566. The van der Waals surface area contributed by atoms with E-state index in [-0.39, 0.29) is 0 Å². The van der Waals surface area contributed by atoms with E-state index in [1.54, 1.807) is 16.8 Å². The van der Waals surface area contributed by atoms with Gasteiger partial charge in [0.2, 0.25) is 0 Å². The van der Waals surface area contributed by atoms with Crippen molar-refractivity contribution in [1.29, 1.82) is 5.26 Å². The van der Waals surface area contributed by atoms with Crippen LogP contribution in [0.4, 0.5) is 11.4 Å². The predicted octanol–water partition coefficient (Wildman–Crippen LogP) is 1.53. The highest BCUT2D eigenvalue weighted by molar-refractivity contribution is 5.62. The van der Waals surface area contributed by atoms with E-state index >= 15 is 0 Å². The van der Waals surface area contributed by atoms with Crippen molar-refractivity contribution in [3.63, 3.8) is 0 Å². The van der Waals surface area contributed by atoms with Gasteiger partial charge in [-0.1, -0.05) is 0 Å². The molecule has 0 saturated carbocycles. The minimum Gasteiger partial charge on any atom is -0.399 e. The molecule has 0 fully saturated rings. The fraction of sp³-hybridized carbons (Fsp3) is 0.231. The monoisotopic (exact) mass is 241 g/mol. The van der Waals surface area contributed by atoms with Gasteiger partial charge in [-0.05, 0) is 24.3 Å². The Kier molecular flexibility index (Phi) is 3.49. The molecule has 1 heterocycles. The smallest absolute Gasteiger partial charge is 0.101 e. The van der Waals surface area contributed by atoms with Gasteiger partial charge in [0, 0.05) is 31.9 Å². The standard InChI is InChI=1S/C13H15N5/c1-18-7-5-12(17-18)4-6-16-13-3-2-11(15)8-10(13)9-14/h2-3,5,7-8,16H,4,6,15H2,1H3. The summed E-state index contributed by atoms with van der Waals surface area (Å²) in [4.78, 5) is 0. The van der Waals surface area contributed by atoms with Gasteiger partial charge in [0.05, 0.1) is 16.9 Å². The second-order valence-electron chi connectivity index (χ2n) is 4.07. The zero-order valence-electron chi connectivity index (χ0n) is 10.2. The third-order valence-corrected chi connectivity index (χ3v) is 2.63. The van der Waals surface area contributed by atoms with E-state index in [0.29, 0.717) is 11.3 Å². The number of hydrogen-bond acceptors (Lipinski definition) is 4. The Bertz CT molecular complexity index is 579. The largest absolute Gasteiger partial charge is 0.399 e. The molecule has 0 unspecified atom stereocenters. The highest BCUT2D eigenvalue weighted by Crippen LogP contribution is 2.17. The number of aryl methyl sites for hydroxylation is 1. The molecule has 0 aliphatic rings. The topological polar surface area (TPSA) is 79.7 Å². The summed E-state index contributed by atoms with van der Waals surface area (Å²) in [6, 6.07) is 9.39. The van der Waals surface area contributed by atoms with Gasteiger partial charge >= 0.3 is 0 Å². The molecule has 0 bridgehead atoms. The number of nitrogens with one attached hydrogen (secondary N) is 1. The first-order valence-electron chi connectivity index (χ1n) is 5.71. The first-order chi connectivity index (χ1) is 8.69. The summed E-state index contributed by atoms with van der Waals surface area (Å²) in [7, 11) is 1.89. The van der Waals surface area contributed by atoms with Gasteiger partial charge in [-0.3, -0.25) is 4.68 Å². The first kappa shape index (κ1) is 12.0. The third kappa shape index (κ3) is 2.80. The predicted molar refractivity (Wildman–Crippen MR) is 71.0 cm³/mol. The Morgan fingerprint density at radius 1 is 1.44 bits per heavy atom. The van der Waals surface area contributed by atoms with Crippen molar-refractivity contribution in [2.75, 3.05) is 17.6 Å². The lowest BCUT2D eigenvalue weighted by Crippen LogP contribution is -2.07. The number of nitrogens with two attached hydrogens (primary N) is 1. The van der Waals surface area contributed by atoms with E-state index in [1.807, 2.05) is 25.4 Å². The summed E-state index contributed by atoms with van der Waals surface area (Å²) in [5, 5.41) is 16.5. The van der Waals surface area contributed by atoms with Crippen molar-refractivity contribution in [3.8, 4) is 6.07 Å². The van der Waals surface area contributed by atoms with E-state index in [0.717, 1.165) is 24.3 Å². The SMILES string of the molecule is Cn1ccc(CCNc2ccc(N)cc2C#N)n1. The normalized spacial score (nSPS) is 10.0. The fourth-order valence-corrected chi connectivity index (χ4v) is 1.73. The molecule has 0 saturated heterocycles. The Labute approximate surface area is 106 Å². The highest BCUT2D eigenvalue weighted by Gasteiger charge is 2.02. The zero-order valence-corrected chi connectivity index (χ0v) is 10.2. The van der Waals surface area contributed by atoms with Crippen molar-refractivity contribution in [3.05, 3.63) is 41.7 Å². The van der Waals surface area contributed by atoms with Crippen molar-refractivity contribution < 1.29 is 0 Å². The number of nitrogen functional groups attached to an aromatic ring is 1. The van der Waals surface area contributed by atoms with Gasteiger partial charge < -0.3 is 11.1 Å². The number of nitriles is 1. The Hall–Kier alpha value is -2.48. The number of aromatic nitrogens is 2. The van der Waals surface area contributed by atoms with Crippen molar-refractivity contribution >= 4 is 11.4 Å². The summed E-state index contributed by atoms with van der Waals surface area (Å²) in [6.07, 6.45) is 2.73. The molecule has 0 radical (unpaired) electrons. The van der Waals surface area contributed by atoms with Crippen LogP contribution < -0.4 is 11.1 Å². The number of benzene rings is 1. The highest BCUT2D eigenvalue weighted by atomic mass is 15.2. The Morgan fingerprint density at radius 2 is 2.28 bits per heavy atom. The van der Waals surface area contributed by atoms with Crippen LogP contribution in [0.15, 0.2) is 30.5 Å². The molecule has 18 heavy (non-hydrogen) atoms. The van der Waals surface area contributed by atoms with E-state index in [4.69, 9.17) is 11.0 Å². The van der Waals surface area contributed by atoms with Crippen LogP contribution in [0, 0.1) is 11.3 Å². The number of hydrogen-bond donors (Lipinski definition) is 2. The van der Waals surface area contributed by atoms with E-state index < -0.39 is 0 Å². The second kappa shape index (κ2) is 5.23. The molecule has 0 atom stereocenters. The molecular weight excluding hydrogens is 226 g/mol. The van der Waals surface area contributed by atoms with Crippen LogP contribution in [0.2, 0.25) is 0 Å². The minimum atomic E-state index is 0.566. The fourth-order valence-electron chi connectivity index (χ4n) is 1.73. The molecule has 0 aliphatic heterocycles. The van der Waals surface area contributed by atoms with Crippen molar-refractivity contribution in [2.45, 2.75) is 6.42 Å². The summed E-state index contributed by atoms with van der Waals surface area (Å²) >= 11 is 0. The molecule has 0 spiro atoms. The van der Waals surface area contributed by atoms with Crippen LogP contribution in [0.3, 0.4) is 0 Å². The second-order valence-corrected chi connectivity index (χ2v) is 4.07. The molecule has 2 aromatic rings. The summed E-state index contributed by atoms with van der Waals surface area (Å²) in [5.74, 6) is 0. The molecule has 3 N–H and O–H groups in total. The molecule has 0 amide bonds. The van der Waals surface area contributed by atoms with Gasteiger partial charge in [-0.25, -0.2) is 0 Å². The zero-order chi connectivity index (χ0) is 13.0. The van der Waals surface area contributed by atoms with Crippen molar-refractivity contribution in [1.82, 2.24) is 9.78 Å². The van der Waals surface area contributed by atoms with Crippen LogP contribution in [0.25, 0.3) is 0 Å². The third-order valence-electron chi connectivity index (χ3n) is 2.63. The molecule has 1 aromatic heterocycles. The van der Waals surface area contributed by atoms with E-state index in [2.05, 4.69) is 16.5 Å². The molecular formula is C13H15N5. The van der Waals surface area contributed by atoms with Crippen molar-refractivity contribution in [2.24, 2.45) is 7.05 Å². The number of nitrogens with zero attached hydrogens (tertiary/aromatic N) is 3. The van der Waals surface area contributed by atoms with Gasteiger partial charge in [0.1, 0.15) is 6.07 Å². The molecule has 92 valence electrons. The lowest BCUT2D eigenvalue weighted by Gasteiger charge is -2.07. The average molecular weight is 241 g/mol. The molecule has 0 aliphatic carbocycles. The molecule has 5 nitrogen and oxygen atoms in total. The lowest BCUT2D eigenvalue weighted by atomic mass is 10.1. The maximum Gasteiger partial charge on any atom is 0.101 e. The molecule has 5 heteroatoms. The first-order valence-corrected chi connectivity index (χ1v) is 5.71. The Morgan fingerprint density at radius 3 is 2.94 bits per heavy atom. The van der Waals surface area contributed by atoms with Crippen LogP contribution >= 0.6 is 0 Å². The van der Waals surface area contributed by atoms with Crippen LogP contribution in [-0.4, -0.2) is 16.3 Å².